The molecule has 0 spiro atoms. The Bertz CT molecular complexity index is 912. The van der Waals surface area contributed by atoms with Gasteiger partial charge in [0.15, 0.2) is 5.96 Å². The van der Waals surface area contributed by atoms with Gasteiger partial charge in [0.05, 0.1) is 14.2 Å². The van der Waals surface area contributed by atoms with Gasteiger partial charge < -0.3 is 29.6 Å². The molecule has 9 heteroatoms. The summed E-state index contributed by atoms with van der Waals surface area (Å²) in [6.45, 7) is 3.38. The van der Waals surface area contributed by atoms with E-state index in [4.69, 9.17) is 9.47 Å². The molecule has 3 rings (SSSR count). The zero-order valence-corrected chi connectivity index (χ0v) is 21.4. The third-order valence-electron chi connectivity index (χ3n) is 5.47. The summed E-state index contributed by atoms with van der Waals surface area (Å²) in [4.78, 5) is 18.4. The lowest BCUT2D eigenvalue weighted by atomic mass is 10.2. The third kappa shape index (κ3) is 7.32. The van der Waals surface area contributed by atoms with Crippen LogP contribution in [0.1, 0.15) is 19.3 Å². The van der Waals surface area contributed by atoms with Crippen LogP contribution in [0.5, 0.6) is 11.5 Å². The molecule has 0 saturated carbocycles. The van der Waals surface area contributed by atoms with E-state index in [1.54, 1.807) is 38.0 Å². The molecule has 176 valence electrons. The van der Waals surface area contributed by atoms with Gasteiger partial charge in [0.1, 0.15) is 11.5 Å². The number of hydrogen-bond acceptors (Lipinski definition) is 5. The second kappa shape index (κ2) is 13.2. The number of nitrogens with one attached hydrogen (secondary N) is 2. The molecule has 1 aliphatic heterocycles. The number of aromatic nitrogens is 1. The lowest BCUT2D eigenvalue weighted by molar-refractivity contribution is 0.394. The second-order valence-corrected chi connectivity index (χ2v) is 7.59. The molecule has 0 amide bonds. The number of unbranched alkanes of at least 4 members (excludes halogenated alkanes) is 1. The molecular weight excluding hydrogens is 521 g/mol. The normalized spacial score (nSPS) is 15.8. The molecule has 1 fully saturated rings. The number of ether oxygens (including phenoxy) is 2. The maximum Gasteiger partial charge on any atom is 0.250 e. The van der Waals surface area contributed by atoms with E-state index in [1.165, 1.54) is 0 Å². The fourth-order valence-electron chi connectivity index (χ4n) is 3.73. The van der Waals surface area contributed by atoms with Crippen LogP contribution in [0, 0.1) is 0 Å². The third-order valence-corrected chi connectivity index (χ3v) is 5.47. The molecule has 32 heavy (non-hydrogen) atoms. The smallest absolute Gasteiger partial charge is 0.250 e. The van der Waals surface area contributed by atoms with Crippen LogP contribution in [0.25, 0.3) is 0 Å². The number of pyridine rings is 1. The molecule has 1 atom stereocenters. The van der Waals surface area contributed by atoms with Gasteiger partial charge in [-0.25, -0.2) is 0 Å². The van der Waals surface area contributed by atoms with Gasteiger partial charge in [0.25, 0.3) is 0 Å². The predicted molar refractivity (Wildman–Crippen MR) is 140 cm³/mol. The first-order valence-corrected chi connectivity index (χ1v) is 10.7. The number of aliphatic imine (C=N–C) groups is 1. The summed E-state index contributed by atoms with van der Waals surface area (Å²) in [5, 5.41) is 6.90. The van der Waals surface area contributed by atoms with Crippen molar-refractivity contribution in [1.82, 2.24) is 15.2 Å². The summed E-state index contributed by atoms with van der Waals surface area (Å²) in [7, 11) is 5.12. The number of anilines is 1. The number of nitrogens with zero attached hydrogens (tertiary/aromatic N) is 3. The standard InChI is InChI=1S/C23H33N5O3.HI/c1-24-23(25-10-5-7-12-27-11-6-4-8-22(27)29)26-18-9-13-28(17-18)19-14-20(30-2)16-21(15-19)31-3;/h4,6,8,11,14-16,18H,5,7,9-10,12-13,17H2,1-3H3,(H2,24,25,26);1H. The van der Waals surface area contributed by atoms with E-state index < -0.39 is 0 Å². The monoisotopic (exact) mass is 555 g/mol. The van der Waals surface area contributed by atoms with Gasteiger partial charge in [-0.2, -0.15) is 0 Å². The molecule has 1 aromatic carbocycles. The largest absolute Gasteiger partial charge is 0.497 e. The summed E-state index contributed by atoms with van der Waals surface area (Å²) in [5.74, 6) is 2.40. The molecule has 1 aromatic heterocycles. The minimum atomic E-state index is 0. The van der Waals surface area contributed by atoms with Gasteiger partial charge in [0, 0.05) is 75.4 Å². The number of methoxy groups -OCH3 is 2. The Morgan fingerprint density at radius 3 is 2.56 bits per heavy atom. The van der Waals surface area contributed by atoms with Crippen LogP contribution in [-0.2, 0) is 6.54 Å². The van der Waals surface area contributed by atoms with E-state index in [-0.39, 0.29) is 29.5 Å². The van der Waals surface area contributed by atoms with Crippen LogP contribution in [0.2, 0.25) is 0 Å². The quantitative estimate of drug-likeness (QED) is 0.215. The number of hydrogen-bond donors (Lipinski definition) is 2. The number of rotatable bonds is 9. The van der Waals surface area contributed by atoms with Gasteiger partial charge in [-0.3, -0.25) is 9.79 Å². The highest BCUT2D eigenvalue weighted by Gasteiger charge is 2.24. The highest BCUT2D eigenvalue weighted by Crippen LogP contribution is 2.30. The maximum absolute atomic E-state index is 11.7. The second-order valence-electron chi connectivity index (χ2n) is 7.59. The van der Waals surface area contributed by atoms with Gasteiger partial charge in [-0.05, 0) is 25.3 Å². The van der Waals surface area contributed by atoms with Crippen LogP contribution < -0.4 is 30.6 Å². The molecule has 8 nitrogen and oxygen atoms in total. The molecule has 0 bridgehead atoms. The number of halogens is 1. The van der Waals surface area contributed by atoms with E-state index in [0.29, 0.717) is 6.04 Å². The van der Waals surface area contributed by atoms with E-state index in [2.05, 4.69) is 20.5 Å². The molecule has 0 radical (unpaired) electrons. The molecular formula is C23H34IN5O3. The predicted octanol–water partition coefficient (Wildman–Crippen LogP) is 2.71. The highest BCUT2D eigenvalue weighted by atomic mass is 127. The SMILES string of the molecule is CN=C(NCCCCn1ccccc1=O)NC1CCN(c2cc(OC)cc(OC)c2)C1.I. The lowest BCUT2D eigenvalue weighted by Gasteiger charge is -2.21. The summed E-state index contributed by atoms with van der Waals surface area (Å²) in [6, 6.07) is 11.5. The Balaban J connectivity index is 0.00000363. The van der Waals surface area contributed by atoms with Crippen molar-refractivity contribution in [3.8, 4) is 11.5 Å². The van der Waals surface area contributed by atoms with Gasteiger partial charge in [-0.15, -0.1) is 24.0 Å². The van der Waals surface area contributed by atoms with Crippen LogP contribution in [0.3, 0.4) is 0 Å². The van der Waals surface area contributed by atoms with Crippen molar-refractivity contribution in [3.05, 3.63) is 52.9 Å². The van der Waals surface area contributed by atoms with Crippen LogP contribution >= 0.6 is 24.0 Å². The van der Waals surface area contributed by atoms with Crippen molar-refractivity contribution in [2.75, 3.05) is 45.8 Å². The molecule has 1 aliphatic rings. The molecule has 1 unspecified atom stereocenters. The molecule has 1 saturated heterocycles. The van der Waals surface area contributed by atoms with E-state index >= 15 is 0 Å². The minimum absolute atomic E-state index is 0. The highest BCUT2D eigenvalue weighted by molar-refractivity contribution is 14.0. The average Bonchev–Trinajstić information content (AvgIpc) is 3.27. The first kappa shape index (κ1) is 25.8. The van der Waals surface area contributed by atoms with Crippen LogP contribution in [0.15, 0.2) is 52.4 Å². The topological polar surface area (TPSA) is 80.1 Å². The van der Waals surface area contributed by atoms with Crippen molar-refractivity contribution in [2.24, 2.45) is 4.99 Å². The first-order chi connectivity index (χ1) is 15.1. The summed E-state index contributed by atoms with van der Waals surface area (Å²) in [5.41, 5.74) is 1.15. The van der Waals surface area contributed by atoms with Crippen LogP contribution in [0.4, 0.5) is 5.69 Å². The van der Waals surface area contributed by atoms with E-state index in [0.717, 1.165) is 68.6 Å². The Hall–Kier alpha value is -2.43. The van der Waals surface area contributed by atoms with E-state index in [1.807, 2.05) is 30.5 Å². The van der Waals surface area contributed by atoms with Crippen molar-refractivity contribution in [3.63, 3.8) is 0 Å². The molecule has 0 aliphatic carbocycles. The molecule has 2 aromatic rings. The Morgan fingerprint density at radius 1 is 1.16 bits per heavy atom. The zero-order chi connectivity index (χ0) is 22.1. The summed E-state index contributed by atoms with van der Waals surface area (Å²) < 4.78 is 12.5. The van der Waals surface area contributed by atoms with Crippen LogP contribution in [-0.4, -0.2) is 57.5 Å². The van der Waals surface area contributed by atoms with Gasteiger partial charge >= 0.3 is 0 Å². The summed E-state index contributed by atoms with van der Waals surface area (Å²) in [6.07, 6.45) is 4.75. The Labute approximate surface area is 207 Å². The number of guanidine groups is 1. The van der Waals surface area contributed by atoms with Crippen molar-refractivity contribution >= 4 is 35.6 Å². The van der Waals surface area contributed by atoms with Crippen molar-refractivity contribution in [2.45, 2.75) is 31.8 Å². The fourth-order valence-corrected chi connectivity index (χ4v) is 3.73. The average molecular weight is 555 g/mol. The van der Waals surface area contributed by atoms with Gasteiger partial charge in [0.2, 0.25) is 5.56 Å². The Morgan fingerprint density at radius 2 is 1.91 bits per heavy atom. The minimum Gasteiger partial charge on any atom is -0.497 e. The Kier molecular flexibility index (Phi) is 10.6. The number of aryl methyl sites for hydroxylation is 1. The first-order valence-electron chi connectivity index (χ1n) is 10.7. The zero-order valence-electron chi connectivity index (χ0n) is 19.0. The van der Waals surface area contributed by atoms with Gasteiger partial charge in [-0.1, -0.05) is 6.07 Å². The molecule has 2 heterocycles. The van der Waals surface area contributed by atoms with Crippen molar-refractivity contribution < 1.29 is 9.47 Å². The molecule has 2 N–H and O–H groups in total. The fraction of sp³-hybridized carbons (Fsp3) is 0.478. The lowest BCUT2D eigenvalue weighted by Crippen LogP contribution is -2.44. The summed E-state index contributed by atoms with van der Waals surface area (Å²) >= 11 is 0. The van der Waals surface area contributed by atoms with E-state index in [9.17, 15) is 4.79 Å². The van der Waals surface area contributed by atoms with Crippen molar-refractivity contribution in [1.29, 1.82) is 0 Å². The maximum atomic E-state index is 11.7. The number of benzene rings is 1.